The zero-order valence-electron chi connectivity index (χ0n) is 12.8. The Morgan fingerprint density at radius 3 is 2.57 bits per heavy atom. The van der Waals surface area contributed by atoms with Crippen LogP contribution in [0.5, 0.6) is 0 Å². The van der Waals surface area contributed by atoms with Crippen molar-refractivity contribution >= 4 is 11.9 Å². The molecule has 1 aliphatic rings. The molecule has 0 radical (unpaired) electrons. The Hall–Kier alpha value is -2.69. The highest BCUT2D eigenvalue weighted by molar-refractivity contribution is 5.96. The van der Waals surface area contributed by atoms with Crippen LogP contribution in [0, 0.1) is 0 Å². The van der Waals surface area contributed by atoms with Crippen LogP contribution in [0.25, 0.3) is 0 Å². The zero-order valence-corrected chi connectivity index (χ0v) is 12.8. The Morgan fingerprint density at radius 2 is 1.91 bits per heavy atom. The summed E-state index contributed by atoms with van der Waals surface area (Å²) in [6.07, 6.45) is 3.09. The quantitative estimate of drug-likeness (QED) is 0.910. The molecule has 0 unspecified atom stereocenters. The van der Waals surface area contributed by atoms with Gasteiger partial charge in [0.2, 0.25) is 0 Å². The fourth-order valence-corrected chi connectivity index (χ4v) is 3.16. The number of aromatic nitrogens is 1. The number of hydrogen-bond acceptors (Lipinski definition) is 3. The van der Waals surface area contributed by atoms with Crippen LogP contribution in [0.15, 0.2) is 48.7 Å². The molecular formula is C18H18N2O3. The predicted octanol–water partition coefficient (Wildman–Crippen LogP) is 2.63. The number of hydrogen-bond donors (Lipinski definition) is 2. The SMILES string of the molecule is CC1(c2ccccc2)CC(NC(=O)c2ccnc(C(=O)O)c2)C1. The van der Waals surface area contributed by atoms with Crippen molar-refractivity contribution < 1.29 is 14.7 Å². The van der Waals surface area contributed by atoms with E-state index >= 15 is 0 Å². The first-order valence-electron chi connectivity index (χ1n) is 7.54. The maximum atomic E-state index is 12.2. The smallest absolute Gasteiger partial charge is 0.354 e. The molecule has 1 saturated carbocycles. The topological polar surface area (TPSA) is 79.3 Å². The first-order valence-corrected chi connectivity index (χ1v) is 7.54. The second-order valence-electron chi connectivity index (χ2n) is 6.24. The number of benzene rings is 1. The number of nitrogens with one attached hydrogen (secondary N) is 1. The molecule has 118 valence electrons. The van der Waals surface area contributed by atoms with Gasteiger partial charge in [-0.15, -0.1) is 0 Å². The first kappa shape index (κ1) is 15.2. The van der Waals surface area contributed by atoms with Crippen LogP contribution >= 0.6 is 0 Å². The first-order chi connectivity index (χ1) is 11.0. The van der Waals surface area contributed by atoms with Crippen LogP contribution in [0.2, 0.25) is 0 Å². The molecule has 23 heavy (non-hydrogen) atoms. The Morgan fingerprint density at radius 1 is 1.22 bits per heavy atom. The minimum absolute atomic E-state index is 0.0870. The number of amides is 1. The lowest BCUT2D eigenvalue weighted by Crippen LogP contribution is -2.51. The van der Waals surface area contributed by atoms with Crippen LogP contribution in [-0.2, 0) is 5.41 Å². The Labute approximate surface area is 134 Å². The van der Waals surface area contributed by atoms with Crippen molar-refractivity contribution in [2.24, 2.45) is 0 Å². The van der Waals surface area contributed by atoms with Gasteiger partial charge in [-0.3, -0.25) is 4.79 Å². The van der Waals surface area contributed by atoms with Crippen LogP contribution in [-0.4, -0.2) is 28.0 Å². The number of nitrogens with zero attached hydrogens (tertiary/aromatic N) is 1. The van der Waals surface area contributed by atoms with Gasteiger partial charge in [0.15, 0.2) is 0 Å². The van der Waals surface area contributed by atoms with Crippen molar-refractivity contribution in [3.63, 3.8) is 0 Å². The van der Waals surface area contributed by atoms with Gasteiger partial charge in [0.25, 0.3) is 5.91 Å². The molecule has 1 amide bonds. The average Bonchev–Trinajstić information content (AvgIpc) is 2.54. The van der Waals surface area contributed by atoms with Crippen molar-refractivity contribution in [1.29, 1.82) is 0 Å². The lowest BCUT2D eigenvalue weighted by atomic mass is 9.63. The minimum Gasteiger partial charge on any atom is -0.477 e. The van der Waals surface area contributed by atoms with E-state index in [1.165, 1.54) is 23.9 Å². The fourth-order valence-electron chi connectivity index (χ4n) is 3.16. The van der Waals surface area contributed by atoms with Crippen LogP contribution in [0.3, 0.4) is 0 Å². The largest absolute Gasteiger partial charge is 0.477 e. The molecule has 0 spiro atoms. The molecule has 1 aliphatic carbocycles. The number of carbonyl (C=O) groups is 2. The van der Waals surface area contributed by atoms with Gasteiger partial charge >= 0.3 is 5.97 Å². The van der Waals surface area contributed by atoms with Crippen LogP contribution < -0.4 is 5.32 Å². The maximum absolute atomic E-state index is 12.2. The Bertz CT molecular complexity index is 737. The highest BCUT2D eigenvalue weighted by Crippen LogP contribution is 2.43. The minimum atomic E-state index is -1.14. The normalized spacial score (nSPS) is 22.9. The Kier molecular flexibility index (Phi) is 3.86. The lowest BCUT2D eigenvalue weighted by Gasteiger charge is -2.46. The summed E-state index contributed by atoms with van der Waals surface area (Å²) in [6.45, 7) is 2.19. The van der Waals surface area contributed by atoms with E-state index in [1.54, 1.807) is 0 Å². The third-order valence-corrected chi connectivity index (χ3v) is 4.44. The van der Waals surface area contributed by atoms with Gasteiger partial charge in [-0.05, 0) is 36.0 Å². The molecule has 5 nitrogen and oxygen atoms in total. The van der Waals surface area contributed by atoms with Crippen LogP contribution in [0.4, 0.5) is 0 Å². The standard InChI is InChI=1S/C18H18N2O3/c1-18(13-5-3-2-4-6-13)10-14(11-18)20-16(21)12-7-8-19-15(9-12)17(22)23/h2-9,14H,10-11H2,1H3,(H,20,21)(H,22,23). The van der Waals surface area contributed by atoms with Gasteiger partial charge in [-0.2, -0.15) is 0 Å². The summed E-state index contributed by atoms with van der Waals surface area (Å²) in [5.41, 5.74) is 1.57. The van der Waals surface area contributed by atoms with E-state index in [2.05, 4.69) is 29.4 Å². The van der Waals surface area contributed by atoms with Crippen molar-refractivity contribution in [2.75, 3.05) is 0 Å². The molecule has 1 aromatic heterocycles. The van der Waals surface area contributed by atoms with E-state index in [1.807, 2.05) is 18.2 Å². The van der Waals surface area contributed by atoms with Crippen molar-refractivity contribution in [2.45, 2.75) is 31.2 Å². The molecule has 2 N–H and O–H groups in total. The summed E-state index contributed by atoms with van der Waals surface area (Å²) >= 11 is 0. The average molecular weight is 310 g/mol. The number of rotatable bonds is 4. The van der Waals surface area contributed by atoms with Gasteiger partial charge in [0, 0.05) is 17.8 Å². The molecule has 5 heteroatoms. The number of carbonyl (C=O) groups excluding carboxylic acids is 1. The predicted molar refractivity (Wildman–Crippen MR) is 85.5 cm³/mol. The number of carboxylic acids is 1. The summed E-state index contributed by atoms with van der Waals surface area (Å²) < 4.78 is 0. The number of carboxylic acid groups (broad SMARTS) is 1. The number of pyridine rings is 1. The monoisotopic (exact) mass is 310 g/mol. The third kappa shape index (κ3) is 3.08. The zero-order chi connectivity index (χ0) is 16.4. The van der Waals surface area contributed by atoms with E-state index in [0.29, 0.717) is 5.56 Å². The van der Waals surface area contributed by atoms with Crippen molar-refractivity contribution in [3.8, 4) is 0 Å². The van der Waals surface area contributed by atoms with E-state index < -0.39 is 5.97 Å². The summed E-state index contributed by atoms with van der Waals surface area (Å²) in [5.74, 6) is -1.39. The molecule has 1 heterocycles. The molecule has 1 aromatic carbocycles. The van der Waals surface area contributed by atoms with Gasteiger partial charge in [-0.1, -0.05) is 37.3 Å². The van der Waals surface area contributed by atoms with Crippen LogP contribution in [0.1, 0.15) is 46.2 Å². The lowest BCUT2D eigenvalue weighted by molar-refractivity contribution is 0.0690. The summed E-state index contributed by atoms with van der Waals surface area (Å²) in [7, 11) is 0. The van der Waals surface area contributed by atoms with Crippen molar-refractivity contribution in [1.82, 2.24) is 10.3 Å². The van der Waals surface area contributed by atoms with Gasteiger partial charge < -0.3 is 10.4 Å². The summed E-state index contributed by atoms with van der Waals surface area (Å²) in [4.78, 5) is 26.9. The molecule has 3 rings (SSSR count). The fraction of sp³-hybridized carbons (Fsp3) is 0.278. The molecule has 2 aromatic rings. The highest BCUT2D eigenvalue weighted by atomic mass is 16.4. The summed E-state index contributed by atoms with van der Waals surface area (Å²) in [6, 6.07) is 13.2. The van der Waals surface area contributed by atoms with Gasteiger partial charge in [-0.25, -0.2) is 9.78 Å². The van der Waals surface area contributed by atoms with Gasteiger partial charge in [0.1, 0.15) is 5.69 Å². The third-order valence-electron chi connectivity index (χ3n) is 4.44. The van der Waals surface area contributed by atoms with E-state index in [0.717, 1.165) is 12.8 Å². The maximum Gasteiger partial charge on any atom is 0.354 e. The van der Waals surface area contributed by atoms with E-state index in [4.69, 9.17) is 5.11 Å². The molecular weight excluding hydrogens is 292 g/mol. The van der Waals surface area contributed by atoms with E-state index in [9.17, 15) is 9.59 Å². The molecule has 0 bridgehead atoms. The number of aromatic carboxylic acids is 1. The van der Waals surface area contributed by atoms with E-state index in [-0.39, 0.29) is 23.1 Å². The highest BCUT2D eigenvalue weighted by Gasteiger charge is 2.42. The van der Waals surface area contributed by atoms with Crippen molar-refractivity contribution in [3.05, 3.63) is 65.5 Å². The Balaban J connectivity index is 1.63. The second kappa shape index (κ2) is 5.83. The summed E-state index contributed by atoms with van der Waals surface area (Å²) in [5, 5.41) is 11.9. The molecule has 0 atom stereocenters. The second-order valence-corrected chi connectivity index (χ2v) is 6.24. The molecule has 1 fully saturated rings. The van der Waals surface area contributed by atoms with Gasteiger partial charge in [0.05, 0.1) is 0 Å². The molecule has 0 aliphatic heterocycles. The molecule has 0 saturated heterocycles.